The SMILES string of the molecule is CC(C)S(=O)(=O)CC1CCC(C(=O)Cc2cccc(S(=O)(=O)N3C[C@@H](C)O[C@@H](C)C3)c2)CC1. The van der Waals surface area contributed by atoms with Crippen molar-refractivity contribution in [2.45, 2.75) is 82.2 Å². The molecule has 0 unspecified atom stereocenters. The molecule has 1 heterocycles. The van der Waals surface area contributed by atoms with Crippen LogP contribution in [0.15, 0.2) is 29.2 Å². The number of hydrogen-bond donors (Lipinski definition) is 0. The summed E-state index contributed by atoms with van der Waals surface area (Å²) in [6.45, 7) is 7.76. The van der Waals surface area contributed by atoms with Crippen LogP contribution in [-0.2, 0) is 35.8 Å². The van der Waals surface area contributed by atoms with Crippen molar-refractivity contribution in [1.82, 2.24) is 4.31 Å². The van der Waals surface area contributed by atoms with E-state index in [1.54, 1.807) is 38.1 Å². The van der Waals surface area contributed by atoms with Crippen LogP contribution < -0.4 is 0 Å². The smallest absolute Gasteiger partial charge is 0.243 e. The summed E-state index contributed by atoms with van der Waals surface area (Å²) in [7, 11) is -6.73. The number of rotatable bonds is 8. The molecule has 0 radical (unpaired) electrons. The molecule has 1 saturated carbocycles. The highest BCUT2D eigenvalue weighted by Crippen LogP contribution is 2.32. The lowest BCUT2D eigenvalue weighted by Gasteiger charge is -2.34. The molecular weight excluding hydrogens is 462 g/mol. The zero-order valence-corrected chi connectivity index (χ0v) is 21.7. The molecular formula is C24H37NO6S2. The first-order valence-corrected chi connectivity index (χ1v) is 15.0. The highest BCUT2D eigenvalue weighted by atomic mass is 32.2. The number of nitrogens with zero attached hydrogens (tertiary/aromatic N) is 1. The van der Waals surface area contributed by atoms with E-state index in [1.165, 1.54) is 4.31 Å². The standard InChI is InChI=1S/C24H37NO6S2/c1-17(2)32(27,28)16-20-8-10-22(11-9-20)24(26)13-21-6-5-7-23(12-21)33(29,30)25-14-18(3)31-19(4)15-25/h5-7,12,17-20,22H,8-11,13-16H2,1-4H3/t18-,19+,20?,22?. The van der Waals surface area contributed by atoms with Gasteiger partial charge < -0.3 is 4.74 Å². The van der Waals surface area contributed by atoms with E-state index in [-0.39, 0.29) is 52.1 Å². The quantitative estimate of drug-likeness (QED) is 0.545. The predicted octanol–water partition coefficient (Wildman–Crippen LogP) is 3.23. The van der Waals surface area contributed by atoms with Gasteiger partial charge in [-0.2, -0.15) is 4.31 Å². The van der Waals surface area contributed by atoms with Gasteiger partial charge >= 0.3 is 0 Å². The zero-order chi connectivity index (χ0) is 24.4. The Bertz CT molecular complexity index is 1030. The van der Waals surface area contributed by atoms with Crippen LogP contribution in [0.25, 0.3) is 0 Å². The predicted molar refractivity (Wildman–Crippen MR) is 128 cm³/mol. The highest BCUT2D eigenvalue weighted by Gasteiger charge is 2.33. The Kier molecular flexibility index (Phi) is 8.41. The van der Waals surface area contributed by atoms with Crippen molar-refractivity contribution in [2.75, 3.05) is 18.8 Å². The van der Waals surface area contributed by atoms with Crippen LogP contribution in [0.4, 0.5) is 0 Å². The van der Waals surface area contributed by atoms with E-state index in [0.717, 1.165) is 12.8 Å². The fourth-order valence-electron chi connectivity index (χ4n) is 4.81. The van der Waals surface area contributed by atoms with E-state index < -0.39 is 19.9 Å². The summed E-state index contributed by atoms with van der Waals surface area (Å²) in [5.41, 5.74) is 0.694. The Balaban J connectivity index is 1.61. The molecule has 33 heavy (non-hydrogen) atoms. The van der Waals surface area contributed by atoms with Crippen LogP contribution in [0.5, 0.6) is 0 Å². The number of benzene rings is 1. The summed E-state index contributed by atoms with van der Waals surface area (Å²) in [5, 5.41) is -0.371. The van der Waals surface area contributed by atoms with Gasteiger partial charge in [0.1, 0.15) is 5.78 Å². The number of Topliss-reactive ketones (excluding diaryl/α,β-unsaturated/α-hetero) is 1. The van der Waals surface area contributed by atoms with Crippen LogP contribution in [-0.4, -0.2) is 63.2 Å². The second-order valence-corrected chi connectivity index (χ2v) is 14.5. The minimum absolute atomic E-state index is 0.0933. The van der Waals surface area contributed by atoms with E-state index in [2.05, 4.69) is 0 Å². The second kappa shape index (κ2) is 10.5. The number of ether oxygens (including phenoxy) is 1. The lowest BCUT2D eigenvalue weighted by molar-refractivity contribution is -0.123. The van der Waals surface area contributed by atoms with Crippen LogP contribution in [0.1, 0.15) is 58.9 Å². The average molecular weight is 500 g/mol. The summed E-state index contributed by atoms with van der Waals surface area (Å²) >= 11 is 0. The monoisotopic (exact) mass is 499 g/mol. The third kappa shape index (κ3) is 6.65. The van der Waals surface area contributed by atoms with Gasteiger partial charge in [0.05, 0.1) is 28.1 Å². The molecule has 1 aromatic carbocycles. The summed E-state index contributed by atoms with van der Waals surface area (Å²) in [6, 6.07) is 6.67. The topological polar surface area (TPSA) is 97.8 Å². The normalized spacial score (nSPS) is 27.5. The van der Waals surface area contributed by atoms with E-state index >= 15 is 0 Å². The second-order valence-electron chi connectivity index (χ2n) is 9.97. The molecule has 1 aliphatic heterocycles. The van der Waals surface area contributed by atoms with Crippen LogP contribution in [0, 0.1) is 11.8 Å². The maximum Gasteiger partial charge on any atom is 0.243 e. The third-order valence-corrected chi connectivity index (χ3v) is 11.0. The molecule has 7 nitrogen and oxygen atoms in total. The first-order valence-electron chi connectivity index (χ1n) is 11.9. The molecule has 2 fully saturated rings. The van der Waals surface area contributed by atoms with Gasteiger partial charge in [-0.1, -0.05) is 12.1 Å². The van der Waals surface area contributed by atoms with Crippen LogP contribution in [0.2, 0.25) is 0 Å². The molecule has 0 aromatic heterocycles. The van der Waals surface area contributed by atoms with Crippen LogP contribution >= 0.6 is 0 Å². The molecule has 2 aliphatic rings. The van der Waals surface area contributed by atoms with Gasteiger partial charge in [-0.15, -0.1) is 0 Å². The van der Waals surface area contributed by atoms with Crippen LogP contribution in [0.3, 0.4) is 0 Å². The molecule has 2 atom stereocenters. The molecule has 9 heteroatoms. The Hall–Kier alpha value is -1.29. The Morgan fingerprint density at radius 1 is 1.03 bits per heavy atom. The van der Waals surface area contributed by atoms with Crippen molar-refractivity contribution in [1.29, 1.82) is 0 Å². The van der Waals surface area contributed by atoms with Gasteiger partial charge in [0.25, 0.3) is 0 Å². The number of sulfonamides is 1. The van der Waals surface area contributed by atoms with E-state index in [1.807, 2.05) is 13.8 Å². The van der Waals surface area contributed by atoms with Gasteiger partial charge in [-0.25, -0.2) is 16.8 Å². The highest BCUT2D eigenvalue weighted by molar-refractivity contribution is 7.92. The van der Waals surface area contributed by atoms with Crippen molar-refractivity contribution >= 4 is 25.6 Å². The average Bonchev–Trinajstić information content (AvgIpc) is 2.73. The third-order valence-electron chi connectivity index (χ3n) is 6.79. The molecule has 1 saturated heterocycles. The zero-order valence-electron chi connectivity index (χ0n) is 20.1. The van der Waals surface area contributed by atoms with E-state index in [9.17, 15) is 21.6 Å². The maximum atomic E-state index is 13.2. The Morgan fingerprint density at radius 2 is 1.64 bits per heavy atom. The molecule has 0 amide bonds. The van der Waals surface area contributed by atoms with Crippen molar-refractivity contribution in [3.05, 3.63) is 29.8 Å². The lowest BCUT2D eigenvalue weighted by Crippen LogP contribution is -2.48. The number of carbonyl (C=O) groups excluding carboxylic acids is 1. The largest absolute Gasteiger partial charge is 0.373 e. The molecule has 1 aromatic rings. The first kappa shape index (κ1) is 26.3. The Morgan fingerprint density at radius 3 is 2.21 bits per heavy atom. The van der Waals surface area contributed by atoms with Crippen molar-refractivity contribution in [2.24, 2.45) is 11.8 Å². The summed E-state index contributed by atoms with van der Waals surface area (Å²) < 4.78 is 57.8. The lowest BCUT2D eigenvalue weighted by atomic mass is 9.79. The number of carbonyl (C=O) groups is 1. The van der Waals surface area contributed by atoms with Gasteiger partial charge in [-0.3, -0.25) is 4.79 Å². The van der Waals surface area contributed by atoms with Crippen molar-refractivity contribution < 1.29 is 26.4 Å². The minimum atomic E-state index is -3.66. The van der Waals surface area contributed by atoms with Gasteiger partial charge in [-0.05, 0) is 77.0 Å². The molecule has 1 aliphatic carbocycles. The summed E-state index contributed by atoms with van der Waals surface area (Å²) in [6.07, 6.45) is 2.72. The fraction of sp³-hybridized carbons (Fsp3) is 0.708. The van der Waals surface area contributed by atoms with Gasteiger partial charge in [0, 0.05) is 25.4 Å². The molecule has 3 rings (SSSR count). The van der Waals surface area contributed by atoms with Crippen molar-refractivity contribution in [3.8, 4) is 0 Å². The van der Waals surface area contributed by atoms with E-state index in [4.69, 9.17) is 4.74 Å². The molecule has 0 bridgehead atoms. The van der Waals surface area contributed by atoms with E-state index in [0.29, 0.717) is 31.5 Å². The number of morpholine rings is 1. The van der Waals surface area contributed by atoms with Gasteiger partial charge in [0.2, 0.25) is 10.0 Å². The molecule has 186 valence electrons. The van der Waals surface area contributed by atoms with Gasteiger partial charge in [0.15, 0.2) is 9.84 Å². The molecule has 0 N–H and O–H groups in total. The number of ketones is 1. The minimum Gasteiger partial charge on any atom is -0.373 e. The number of sulfone groups is 1. The molecule has 0 spiro atoms. The fourth-order valence-corrected chi connectivity index (χ4v) is 7.85. The maximum absolute atomic E-state index is 13.2. The summed E-state index contributed by atoms with van der Waals surface area (Å²) in [4.78, 5) is 13.1. The summed E-state index contributed by atoms with van der Waals surface area (Å²) in [5.74, 6) is 0.324. The number of hydrogen-bond acceptors (Lipinski definition) is 6. The van der Waals surface area contributed by atoms with Crippen molar-refractivity contribution in [3.63, 3.8) is 0 Å². The first-order chi connectivity index (χ1) is 15.4. The Labute approximate surface area is 198 Å².